The van der Waals surface area contributed by atoms with Crippen molar-refractivity contribution in [2.24, 2.45) is 5.10 Å². The fraction of sp³-hybridized carbons (Fsp3) is 0.194. The van der Waals surface area contributed by atoms with E-state index in [1.807, 2.05) is 83.4 Å². The normalized spacial score (nSPS) is 13.9. The summed E-state index contributed by atoms with van der Waals surface area (Å²) in [5, 5.41) is 18.6. The first-order valence-electron chi connectivity index (χ1n) is 15.2. The molecule has 1 aliphatic rings. The van der Waals surface area contributed by atoms with Gasteiger partial charge in [0.15, 0.2) is 11.0 Å². The van der Waals surface area contributed by atoms with Gasteiger partial charge in [0.2, 0.25) is 0 Å². The Morgan fingerprint density at radius 2 is 1.50 bits per heavy atom. The summed E-state index contributed by atoms with van der Waals surface area (Å²) in [6.07, 6.45) is 0.548. The minimum atomic E-state index is -0.296. The molecule has 0 bridgehead atoms. The van der Waals surface area contributed by atoms with Gasteiger partial charge in [-0.3, -0.25) is 14.2 Å². The first kappa shape index (κ1) is 32.3. The maximum absolute atomic E-state index is 13.9. The lowest BCUT2D eigenvalue weighted by molar-refractivity contribution is -0.130. The van der Waals surface area contributed by atoms with Crippen LogP contribution in [0.3, 0.4) is 0 Å². The maximum Gasteiger partial charge on any atom is 0.253 e. The molecule has 1 atom stereocenters. The third-order valence-electron chi connectivity index (χ3n) is 7.87. The number of nitrogens with one attached hydrogen (secondary N) is 1. The van der Waals surface area contributed by atoms with Gasteiger partial charge in [0.1, 0.15) is 17.2 Å². The number of thioether (sulfide) groups is 1. The zero-order chi connectivity index (χ0) is 33.5. The zero-order valence-corrected chi connectivity index (χ0v) is 27.5. The van der Waals surface area contributed by atoms with Crippen LogP contribution in [0.2, 0.25) is 0 Å². The van der Waals surface area contributed by atoms with Crippen LogP contribution in [0.25, 0.3) is 5.69 Å². The number of para-hydroxylation sites is 1. The van der Waals surface area contributed by atoms with Crippen molar-refractivity contribution < 1.29 is 23.8 Å². The number of carbonyl (C=O) groups excluding carboxylic acids is 2. The molecule has 11 nitrogen and oxygen atoms in total. The molecule has 0 saturated carbocycles. The summed E-state index contributed by atoms with van der Waals surface area (Å²) < 4.78 is 17.8. The van der Waals surface area contributed by atoms with Crippen molar-refractivity contribution in [3.63, 3.8) is 0 Å². The molecular formula is C36H34N6O5S. The van der Waals surface area contributed by atoms with Gasteiger partial charge in [-0.25, -0.2) is 5.01 Å². The average Bonchev–Trinajstić information content (AvgIpc) is 3.78. The van der Waals surface area contributed by atoms with Crippen LogP contribution in [-0.4, -0.2) is 64.4 Å². The second kappa shape index (κ2) is 14.9. The number of carbonyl (C=O) groups is 2. The van der Waals surface area contributed by atoms with E-state index in [0.29, 0.717) is 28.7 Å². The Balaban J connectivity index is 1.23. The van der Waals surface area contributed by atoms with Gasteiger partial charge in [-0.1, -0.05) is 48.2 Å². The van der Waals surface area contributed by atoms with Crippen molar-refractivity contribution in [3.8, 4) is 22.9 Å². The second-order valence-corrected chi connectivity index (χ2v) is 11.7. The molecule has 1 aromatic heterocycles. The molecule has 4 aromatic carbocycles. The highest BCUT2D eigenvalue weighted by molar-refractivity contribution is 7.99. The first-order valence-corrected chi connectivity index (χ1v) is 16.2. The average molecular weight is 663 g/mol. The quantitative estimate of drug-likeness (QED) is 0.169. The van der Waals surface area contributed by atoms with E-state index in [-0.39, 0.29) is 30.2 Å². The molecule has 0 spiro atoms. The summed E-state index contributed by atoms with van der Waals surface area (Å²) in [5.41, 5.74) is 3.94. The lowest BCUT2D eigenvalue weighted by Gasteiger charge is -2.22. The first-order chi connectivity index (χ1) is 23.5. The van der Waals surface area contributed by atoms with Gasteiger partial charge in [-0.15, -0.1) is 10.2 Å². The summed E-state index contributed by atoms with van der Waals surface area (Å²) in [7, 11) is 4.80. The molecule has 1 N–H and O–H groups in total. The summed E-state index contributed by atoms with van der Waals surface area (Å²) in [5.74, 6) is 2.19. The predicted octanol–water partition coefficient (Wildman–Crippen LogP) is 5.69. The topological polar surface area (TPSA) is 120 Å². The van der Waals surface area contributed by atoms with Crippen molar-refractivity contribution in [2.75, 3.05) is 27.1 Å². The molecule has 0 fully saturated rings. The Kier molecular flexibility index (Phi) is 10.0. The Morgan fingerprint density at radius 3 is 2.19 bits per heavy atom. The van der Waals surface area contributed by atoms with Crippen LogP contribution in [0.15, 0.2) is 113 Å². The monoisotopic (exact) mass is 662 g/mol. The molecule has 6 rings (SSSR count). The molecule has 244 valence electrons. The Labute approximate surface area is 282 Å². The molecule has 0 saturated heterocycles. The predicted molar refractivity (Wildman–Crippen MR) is 183 cm³/mol. The number of ether oxygens (including phenoxy) is 3. The number of amides is 2. The molecule has 12 heteroatoms. The SMILES string of the molecule is COc1ccc(C2=NN(C(=O)CSc3nnc(CNC(=O)c4cccc(OC)c4)n3-c3ccccc3)C(c3ccc(OC)cc3)C2)cc1. The Hall–Kier alpha value is -5.62. The van der Waals surface area contributed by atoms with Crippen LogP contribution in [0.5, 0.6) is 17.2 Å². The Morgan fingerprint density at radius 1 is 0.812 bits per heavy atom. The van der Waals surface area contributed by atoms with Crippen LogP contribution in [0.1, 0.15) is 39.8 Å². The third kappa shape index (κ3) is 7.18. The fourth-order valence-electron chi connectivity index (χ4n) is 5.35. The van der Waals surface area contributed by atoms with E-state index in [4.69, 9.17) is 19.3 Å². The maximum atomic E-state index is 13.9. The number of methoxy groups -OCH3 is 3. The van der Waals surface area contributed by atoms with Crippen molar-refractivity contribution in [2.45, 2.75) is 24.2 Å². The van der Waals surface area contributed by atoms with Gasteiger partial charge in [-0.05, 0) is 77.9 Å². The number of rotatable bonds is 12. The van der Waals surface area contributed by atoms with E-state index in [1.54, 1.807) is 50.6 Å². The lowest BCUT2D eigenvalue weighted by Crippen LogP contribution is -2.28. The van der Waals surface area contributed by atoms with E-state index < -0.39 is 0 Å². The summed E-state index contributed by atoms with van der Waals surface area (Å²) >= 11 is 1.26. The molecule has 48 heavy (non-hydrogen) atoms. The molecular weight excluding hydrogens is 629 g/mol. The second-order valence-electron chi connectivity index (χ2n) is 10.8. The fourth-order valence-corrected chi connectivity index (χ4v) is 6.17. The summed E-state index contributed by atoms with van der Waals surface area (Å²) in [6, 6.07) is 31.6. The molecule has 2 heterocycles. The van der Waals surface area contributed by atoms with Crippen molar-refractivity contribution in [3.05, 3.63) is 126 Å². The van der Waals surface area contributed by atoms with E-state index in [1.165, 1.54) is 11.8 Å². The van der Waals surface area contributed by atoms with Crippen molar-refractivity contribution in [1.82, 2.24) is 25.1 Å². The van der Waals surface area contributed by atoms with Gasteiger partial charge >= 0.3 is 0 Å². The van der Waals surface area contributed by atoms with E-state index in [2.05, 4.69) is 15.5 Å². The molecule has 1 unspecified atom stereocenters. The van der Waals surface area contributed by atoms with Crippen molar-refractivity contribution >= 4 is 29.3 Å². The molecule has 5 aromatic rings. The number of hydrazone groups is 1. The van der Waals surface area contributed by atoms with E-state index >= 15 is 0 Å². The Bertz CT molecular complexity index is 1910. The highest BCUT2D eigenvalue weighted by atomic mass is 32.2. The number of hydrogen-bond donors (Lipinski definition) is 1. The van der Waals surface area contributed by atoms with Crippen LogP contribution in [-0.2, 0) is 11.3 Å². The van der Waals surface area contributed by atoms with E-state index in [0.717, 1.165) is 34.0 Å². The standard InChI is InChI=1S/C36H34N6O5S/c1-45-28-16-12-24(13-17-28)31-21-32(25-14-18-29(46-2)19-15-25)42(40-31)34(43)23-48-36-39-38-33(41(36)27-9-5-4-6-10-27)22-37-35(44)26-8-7-11-30(20-26)47-3/h4-20,32H,21-23H2,1-3H3,(H,37,44). The lowest BCUT2D eigenvalue weighted by atomic mass is 9.98. The van der Waals surface area contributed by atoms with Gasteiger partial charge in [0.05, 0.1) is 45.4 Å². The largest absolute Gasteiger partial charge is 0.497 e. The van der Waals surface area contributed by atoms with Crippen LogP contribution in [0, 0.1) is 0 Å². The molecule has 2 amide bonds. The van der Waals surface area contributed by atoms with Gasteiger partial charge < -0.3 is 19.5 Å². The van der Waals surface area contributed by atoms with E-state index in [9.17, 15) is 9.59 Å². The highest BCUT2D eigenvalue weighted by Crippen LogP contribution is 2.35. The van der Waals surface area contributed by atoms with Crippen LogP contribution >= 0.6 is 11.8 Å². The van der Waals surface area contributed by atoms with Crippen molar-refractivity contribution in [1.29, 1.82) is 0 Å². The number of benzene rings is 4. The molecule has 0 aliphatic carbocycles. The van der Waals surface area contributed by atoms with Crippen LogP contribution < -0.4 is 19.5 Å². The third-order valence-corrected chi connectivity index (χ3v) is 8.78. The zero-order valence-electron chi connectivity index (χ0n) is 26.7. The van der Waals surface area contributed by atoms with Crippen LogP contribution in [0.4, 0.5) is 0 Å². The smallest absolute Gasteiger partial charge is 0.253 e. The van der Waals surface area contributed by atoms with Gasteiger partial charge in [-0.2, -0.15) is 5.10 Å². The van der Waals surface area contributed by atoms with Gasteiger partial charge in [0.25, 0.3) is 11.8 Å². The number of hydrogen-bond acceptors (Lipinski definition) is 9. The minimum Gasteiger partial charge on any atom is -0.497 e. The highest BCUT2D eigenvalue weighted by Gasteiger charge is 2.33. The molecule has 1 aliphatic heterocycles. The number of aromatic nitrogens is 3. The minimum absolute atomic E-state index is 0.0627. The van der Waals surface area contributed by atoms with Gasteiger partial charge in [0, 0.05) is 17.7 Å². The summed E-state index contributed by atoms with van der Waals surface area (Å²) in [4.78, 5) is 26.9. The summed E-state index contributed by atoms with van der Waals surface area (Å²) in [6.45, 7) is 0.119. The molecule has 0 radical (unpaired) electrons. The number of nitrogens with zero attached hydrogens (tertiary/aromatic N) is 5.